The number of aryl methyl sites for hydroxylation is 1. The minimum absolute atomic E-state index is 0.264. The fourth-order valence-corrected chi connectivity index (χ4v) is 1.83. The summed E-state index contributed by atoms with van der Waals surface area (Å²) in [6.07, 6.45) is 2.90. The molecule has 1 aromatic carbocycles. The second-order valence-electron chi connectivity index (χ2n) is 4.69. The lowest BCUT2D eigenvalue weighted by Crippen LogP contribution is -2.13. The van der Waals surface area contributed by atoms with Crippen LogP contribution < -0.4 is 10.1 Å². The molecule has 0 saturated heterocycles. The van der Waals surface area contributed by atoms with E-state index in [2.05, 4.69) is 17.2 Å². The van der Waals surface area contributed by atoms with Gasteiger partial charge in [0.1, 0.15) is 11.6 Å². The number of halogens is 1. The smallest absolute Gasteiger partial charge is 0.219 e. The van der Waals surface area contributed by atoms with E-state index >= 15 is 0 Å². The molecule has 4 heteroatoms. The molecule has 2 aromatic rings. The molecule has 1 N–H and O–H groups in total. The molecule has 0 unspecified atom stereocenters. The van der Waals surface area contributed by atoms with E-state index in [1.54, 1.807) is 19.2 Å². The van der Waals surface area contributed by atoms with Crippen LogP contribution in [0.5, 0.6) is 11.6 Å². The van der Waals surface area contributed by atoms with Crippen LogP contribution in [0, 0.1) is 12.7 Å². The van der Waals surface area contributed by atoms with E-state index in [1.807, 2.05) is 12.1 Å². The zero-order chi connectivity index (χ0) is 14.4. The van der Waals surface area contributed by atoms with Crippen molar-refractivity contribution in [2.24, 2.45) is 0 Å². The molecule has 20 heavy (non-hydrogen) atoms. The first-order valence-electron chi connectivity index (χ1n) is 6.78. The molecule has 0 aliphatic carbocycles. The van der Waals surface area contributed by atoms with Crippen molar-refractivity contribution in [3.05, 3.63) is 53.5 Å². The van der Waals surface area contributed by atoms with Crippen LogP contribution in [0.25, 0.3) is 0 Å². The van der Waals surface area contributed by atoms with Gasteiger partial charge in [-0.3, -0.25) is 0 Å². The lowest BCUT2D eigenvalue weighted by atomic mass is 10.2. The van der Waals surface area contributed by atoms with E-state index in [4.69, 9.17) is 4.74 Å². The molecule has 0 aliphatic heterocycles. The van der Waals surface area contributed by atoms with Crippen LogP contribution in [-0.2, 0) is 6.54 Å². The zero-order valence-electron chi connectivity index (χ0n) is 11.8. The van der Waals surface area contributed by atoms with Crippen molar-refractivity contribution in [3.63, 3.8) is 0 Å². The minimum atomic E-state index is -0.264. The molecule has 0 spiro atoms. The highest BCUT2D eigenvalue weighted by atomic mass is 19.1. The lowest BCUT2D eigenvalue weighted by molar-refractivity contribution is 0.457. The Labute approximate surface area is 118 Å². The molecule has 0 amide bonds. The van der Waals surface area contributed by atoms with Crippen molar-refractivity contribution in [2.45, 2.75) is 26.8 Å². The fraction of sp³-hybridized carbons (Fsp3) is 0.312. The number of rotatable bonds is 6. The van der Waals surface area contributed by atoms with E-state index in [0.29, 0.717) is 11.6 Å². The van der Waals surface area contributed by atoms with Crippen molar-refractivity contribution in [3.8, 4) is 11.6 Å². The number of hydrogen-bond donors (Lipinski definition) is 1. The van der Waals surface area contributed by atoms with Gasteiger partial charge in [0.2, 0.25) is 5.88 Å². The Morgan fingerprint density at radius 2 is 2.10 bits per heavy atom. The molecule has 1 heterocycles. The number of benzene rings is 1. The van der Waals surface area contributed by atoms with E-state index in [0.717, 1.165) is 30.6 Å². The summed E-state index contributed by atoms with van der Waals surface area (Å²) >= 11 is 0. The van der Waals surface area contributed by atoms with Gasteiger partial charge in [-0.2, -0.15) is 0 Å². The van der Waals surface area contributed by atoms with Gasteiger partial charge in [-0.1, -0.05) is 13.0 Å². The average Bonchev–Trinajstić information content (AvgIpc) is 2.44. The maximum Gasteiger partial charge on any atom is 0.219 e. The van der Waals surface area contributed by atoms with Gasteiger partial charge >= 0.3 is 0 Å². The topological polar surface area (TPSA) is 34.1 Å². The average molecular weight is 274 g/mol. The number of nitrogens with one attached hydrogen (secondary N) is 1. The fourth-order valence-electron chi connectivity index (χ4n) is 1.83. The normalized spacial score (nSPS) is 10.6. The van der Waals surface area contributed by atoms with Crippen molar-refractivity contribution < 1.29 is 9.13 Å². The lowest BCUT2D eigenvalue weighted by Gasteiger charge is -2.08. The first kappa shape index (κ1) is 14.5. The second-order valence-corrected chi connectivity index (χ2v) is 4.69. The highest BCUT2D eigenvalue weighted by molar-refractivity contribution is 5.35. The first-order valence-corrected chi connectivity index (χ1v) is 6.78. The van der Waals surface area contributed by atoms with Gasteiger partial charge in [0.25, 0.3) is 0 Å². The van der Waals surface area contributed by atoms with Gasteiger partial charge in [-0.05, 0) is 49.2 Å². The van der Waals surface area contributed by atoms with E-state index in [9.17, 15) is 4.39 Å². The summed E-state index contributed by atoms with van der Waals surface area (Å²) in [7, 11) is 0. The summed E-state index contributed by atoms with van der Waals surface area (Å²) in [4.78, 5) is 4.26. The Morgan fingerprint density at radius 1 is 1.25 bits per heavy atom. The molecular weight excluding hydrogens is 255 g/mol. The molecule has 2 rings (SSSR count). The number of nitrogens with zero attached hydrogens (tertiary/aromatic N) is 1. The number of aromatic nitrogens is 1. The molecule has 3 nitrogen and oxygen atoms in total. The predicted molar refractivity (Wildman–Crippen MR) is 77.4 cm³/mol. The van der Waals surface area contributed by atoms with Gasteiger partial charge in [-0.15, -0.1) is 0 Å². The van der Waals surface area contributed by atoms with E-state index < -0.39 is 0 Å². The Hall–Kier alpha value is -1.94. The maximum atomic E-state index is 13.0. The standard InChI is InChI=1S/C16H19FN2O/c1-3-8-18-10-13-4-7-16(19-11-13)20-15-6-5-14(17)9-12(15)2/h4-7,9,11,18H,3,8,10H2,1-2H3. The van der Waals surface area contributed by atoms with Crippen LogP contribution in [0.1, 0.15) is 24.5 Å². The predicted octanol–water partition coefficient (Wildman–Crippen LogP) is 3.82. The molecule has 0 bridgehead atoms. The molecule has 0 aliphatic rings. The molecule has 0 saturated carbocycles. The summed E-state index contributed by atoms with van der Waals surface area (Å²) < 4.78 is 18.7. The zero-order valence-corrected chi connectivity index (χ0v) is 11.8. The first-order chi connectivity index (χ1) is 9.69. The van der Waals surface area contributed by atoms with E-state index in [1.165, 1.54) is 12.1 Å². The van der Waals surface area contributed by atoms with Crippen molar-refractivity contribution in [1.29, 1.82) is 0 Å². The number of ether oxygens (including phenoxy) is 1. The van der Waals surface area contributed by atoms with Crippen LogP contribution in [0.15, 0.2) is 36.5 Å². The third-order valence-electron chi connectivity index (χ3n) is 2.91. The van der Waals surface area contributed by atoms with Gasteiger partial charge < -0.3 is 10.1 Å². The van der Waals surface area contributed by atoms with E-state index in [-0.39, 0.29) is 5.82 Å². The largest absolute Gasteiger partial charge is 0.439 e. The Balaban J connectivity index is 1.99. The van der Waals surface area contributed by atoms with Crippen molar-refractivity contribution in [1.82, 2.24) is 10.3 Å². The molecule has 1 aromatic heterocycles. The van der Waals surface area contributed by atoms with Crippen LogP contribution in [0.4, 0.5) is 4.39 Å². The molecule has 106 valence electrons. The molecule has 0 atom stereocenters. The number of hydrogen-bond acceptors (Lipinski definition) is 3. The quantitative estimate of drug-likeness (QED) is 0.813. The molecular formula is C16H19FN2O. The van der Waals surface area contributed by atoms with Gasteiger partial charge in [0.05, 0.1) is 0 Å². The monoisotopic (exact) mass is 274 g/mol. The summed E-state index contributed by atoms with van der Waals surface area (Å²) in [6, 6.07) is 8.24. The van der Waals surface area contributed by atoms with Gasteiger partial charge in [0, 0.05) is 18.8 Å². The van der Waals surface area contributed by atoms with Crippen LogP contribution in [-0.4, -0.2) is 11.5 Å². The Bertz CT molecular complexity index is 555. The van der Waals surface area contributed by atoms with Crippen LogP contribution >= 0.6 is 0 Å². The highest BCUT2D eigenvalue weighted by Gasteiger charge is 2.04. The highest BCUT2D eigenvalue weighted by Crippen LogP contribution is 2.24. The van der Waals surface area contributed by atoms with Crippen LogP contribution in [0.3, 0.4) is 0 Å². The number of pyridine rings is 1. The summed E-state index contributed by atoms with van der Waals surface area (Å²) in [5.74, 6) is 0.870. The van der Waals surface area contributed by atoms with Gasteiger partial charge in [0.15, 0.2) is 0 Å². The van der Waals surface area contributed by atoms with Crippen LogP contribution in [0.2, 0.25) is 0 Å². The third kappa shape index (κ3) is 4.03. The SMILES string of the molecule is CCCNCc1ccc(Oc2ccc(F)cc2C)nc1. The second kappa shape index (κ2) is 7.01. The maximum absolute atomic E-state index is 13.0. The Morgan fingerprint density at radius 3 is 2.75 bits per heavy atom. The summed E-state index contributed by atoms with van der Waals surface area (Å²) in [5, 5.41) is 3.31. The van der Waals surface area contributed by atoms with Crippen molar-refractivity contribution in [2.75, 3.05) is 6.54 Å². The third-order valence-corrected chi connectivity index (χ3v) is 2.91. The summed E-state index contributed by atoms with van der Waals surface area (Å²) in [5.41, 5.74) is 1.86. The summed E-state index contributed by atoms with van der Waals surface area (Å²) in [6.45, 7) is 5.73. The Kier molecular flexibility index (Phi) is 5.07. The van der Waals surface area contributed by atoms with Crippen molar-refractivity contribution >= 4 is 0 Å². The van der Waals surface area contributed by atoms with Gasteiger partial charge in [-0.25, -0.2) is 9.37 Å². The minimum Gasteiger partial charge on any atom is -0.439 e. The molecule has 0 radical (unpaired) electrons. The molecule has 0 fully saturated rings.